The molecule has 0 radical (unpaired) electrons. The molecule has 0 aliphatic carbocycles. The number of carbonyl (C=O) groups excluding carboxylic acids is 1. The van der Waals surface area contributed by atoms with Crippen molar-refractivity contribution in [3.8, 4) is 0 Å². The quantitative estimate of drug-likeness (QED) is 0.414. The summed E-state index contributed by atoms with van der Waals surface area (Å²) in [5, 5.41) is 3.25. The molecule has 1 amide bonds. The number of nitrogens with zero attached hydrogens (tertiary/aromatic N) is 2. The van der Waals surface area contributed by atoms with Gasteiger partial charge in [-0.1, -0.05) is 6.08 Å². The molecule has 0 aromatic rings. The van der Waals surface area contributed by atoms with E-state index < -0.39 is 0 Å². The Morgan fingerprint density at radius 3 is 2.10 bits per heavy atom. The molecule has 10 heavy (non-hydrogen) atoms. The van der Waals surface area contributed by atoms with Gasteiger partial charge < -0.3 is 0 Å². The molecule has 0 atom stereocenters. The molecule has 3 heteroatoms. The van der Waals surface area contributed by atoms with Crippen molar-refractivity contribution in [1.82, 2.24) is 10.0 Å². The van der Waals surface area contributed by atoms with Gasteiger partial charge in [0.25, 0.3) is 5.91 Å². The van der Waals surface area contributed by atoms with E-state index in [0.29, 0.717) is 0 Å². The molecule has 0 N–H and O–H groups in total. The lowest BCUT2D eigenvalue weighted by molar-refractivity contribution is -0.136. The lowest BCUT2D eigenvalue weighted by Gasteiger charge is -2.22. The Labute approximate surface area is 61.9 Å². The predicted octanol–water partition coefficient (Wildman–Crippen LogP) is 0.498. The lowest BCUT2D eigenvalue weighted by atomic mass is 10.5. The summed E-state index contributed by atoms with van der Waals surface area (Å²) >= 11 is 0. The van der Waals surface area contributed by atoms with Crippen LogP contribution in [0.1, 0.15) is 6.92 Å². The number of likely N-dealkylation sites (N-methyl/N-ethyl adjacent to an activating group) is 1. The van der Waals surface area contributed by atoms with E-state index in [1.807, 2.05) is 21.0 Å². The molecule has 0 fully saturated rings. The summed E-state index contributed by atoms with van der Waals surface area (Å²) in [7, 11) is 5.37. The molecule has 0 aliphatic rings. The maximum Gasteiger partial charge on any atom is 0.260 e. The summed E-state index contributed by atoms with van der Waals surface area (Å²) in [6.07, 6.45) is 3.25. The van der Waals surface area contributed by atoms with Gasteiger partial charge >= 0.3 is 0 Å². The van der Waals surface area contributed by atoms with E-state index >= 15 is 0 Å². The van der Waals surface area contributed by atoms with Gasteiger partial charge in [-0.05, 0) is 6.92 Å². The fraction of sp³-hybridized carbons (Fsp3) is 0.571. The van der Waals surface area contributed by atoms with Gasteiger partial charge in [-0.25, -0.2) is 5.01 Å². The minimum atomic E-state index is -0.00694. The molecule has 0 saturated heterocycles. The predicted molar refractivity (Wildman–Crippen MR) is 41.3 cm³/mol. The zero-order valence-corrected chi connectivity index (χ0v) is 6.96. The molecule has 3 nitrogen and oxygen atoms in total. The highest BCUT2D eigenvalue weighted by atomic mass is 16.2. The highest BCUT2D eigenvalue weighted by molar-refractivity contribution is 5.86. The van der Waals surface area contributed by atoms with E-state index in [0.717, 1.165) is 0 Å². The molecule has 0 spiro atoms. The second-order valence-electron chi connectivity index (χ2n) is 2.21. The standard InChI is InChI=1S/C7H14N2O/c1-5-6-7(10)9(4)8(2)3/h5-6H,1-4H3. The van der Waals surface area contributed by atoms with E-state index in [4.69, 9.17) is 0 Å². The molecule has 0 aromatic carbocycles. The van der Waals surface area contributed by atoms with E-state index in [-0.39, 0.29) is 5.91 Å². The van der Waals surface area contributed by atoms with E-state index in [2.05, 4.69) is 0 Å². The molecule has 0 heterocycles. The van der Waals surface area contributed by atoms with Gasteiger partial charge in [0.05, 0.1) is 0 Å². The first-order chi connectivity index (χ1) is 4.59. The Kier molecular flexibility index (Phi) is 3.72. The van der Waals surface area contributed by atoms with E-state index in [9.17, 15) is 4.79 Å². The Balaban J connectivity index is 3.95. The Hall–Kier alpha value is -0.830. The first kappa shape index (κ1) is 9.17. The largest absolute Gasteiger partial charge is 0.275 e. The third-order valence-electron chi connectivity index (χ3n) is 1.23. The number of hydrazine groups is 1. The number of hydrogen-bond donors (Lipinski definition) is 0. The summed E-state index contributed by atoms with van der Waals surface area (Å²) in [5.41, 5.74) is 0. The molecule has 0 saturated carbocycles. The smallest absolute Gasteiger partial charge is 0.260 e. The van der Waals surface area contributed by atoms with Gasteiger partial charge in [0.2, 0.25) is 0 Å². The van der Waals surface area contributed by atoms with Crippen LogP contribution in [0, 0.1) is 0 Å². The highest BCUT2D eigenvalue weighted by Crippen LogP contribution is 1.88. The second-order valence-corrected chi connectivity index (χ2v) is 2.21. The van der Waals surface area contributed by atoms with Crippen LogP contribution in [0.3, 0.4) is 0 Å². The van der Waals surface area contributed by atoms with Gasteiger partial charge in [-0.15, -0.1) is 0 Å². The topological polar surface area (TPSA) is 23.6 Å². The van der Waals surface area contributed by atoms with Crippen molar-refractivity contribution in [2.45, 2.75) is 6.92 Å². The summed E-state index contributed by atoms with van der Waals surface area (Å²) in [4.78, 5) is 11.0. The monoisotopic (exact) mass is 142 g/mol. The van der Waals surface area contributed by atoms with Crippen LogP contribution in [0.4, 0.5) is 0 Å². The average molecular weight is 142 g/mol. The van der Waals surface area contributed by atoms with Crippen molar-refractivity contribution >= 4 is 5.91 Å². The van der Waals surface area contributed by atoms with E-state index in [1.165, 1.54) is 11.1 Å². The van der Waals surface area contributed by atoms with Crippen LogP contribution in [-0.4, -0.2) is 37.1 Å². The maximum absolute atomic E-state index is 11.0. The number of allylic oxidation sites excluding steroid dienone is 1. The first-order valence-corrected chi connectivity index (χ1v) is 3.17. The van der Waals surface area contributed by atoms with Gasteiger partial charge in [-0.2, -0.15) is 0 Å². The van der Waals surface area contributed by atoms with Crippen LogP contribution in [0.15, 0.2) is 12.2 Å². The number of rotatable bonds is 2. The first-order valence-electron chi connectivity index (χ1n) is 3.17. The molecule has 58 valence electrons. The van der Waals surface area contributed by atoms with Crippen molar-refractivity contribution in [2.75, 3.05) is 21.1 Å². The lowest BCUT2D eigenvalue weighted by Crippen LogP contribution is -2.37. The van der Waals surface area contributed by atoms with Crippen LogP contribution < -0.4 is 0 Å². The Bertz CT molecular complexity index is 141. The molecular formula is C7H14N2O. The third-order valence-corrected chi connectivity index (χ3v) is 1.23. The number of hydrogen-bond acceptors (Lipinski definition) is 2. The molecular weight excluding hydrogens is 128 g/mol. The van der Waals surface area contributed by atoms with Crippen molar-refractivity contribution in [2.24, 2.45) is 0 Å². The maximum atomic E-state index is 11.0. The molecule has 0 bridgehead atoms. The SMILES string of the molecule is CC=CC(=O)N(C)N(C)C. The van der Waals surface area contributed by atoms with Crippen LogP contribution >= 0.6 is 0 Å². The van der Waals surface area contributed by atoms with Gasteiger partial charge in [-0.3, -0.25) is 9.80 Å². The molecule has 0 rings (SSSR count). The van der Waals surface area contributed by atoms with Gasteiger partial charge in [0.1, 0.15) is 0 Å². The van der Waals surface area contributed by atoms with Gasteiger partial charge in [0, 0.05) is 27.2 Å². The van der Waals surface area contributed by atoms with Crippen LogP contribution in [0.25, 0.3) is 0 Å². The van der Waals surface area contributed by atoms with Crippen molar-refractivity contribution < 1.29 is 4.79 Å². The average Bonchev–Trinajstić information content (AvgIpc) is 1.87. The number of carbonyl (C=O) groups is 1. The second kappa shape index (κ2) is 4.06. The minimum Gasteiger partial charge on any atom is -0.275 e. The Morgan fingerprint density at radius 2 is 1.80 bits per heavy atom. The fourth-order valence-electron chi connectivity index (χ4n) is 0.448. The zero-order chi connectivity index (χ0) is 8.15. The summed E-state index contributed by atoms with van der Waals surface area (Å²) < 4.78 is 0. The molecule has 0 aliphatic heterocycles. The summed E-state index contributed by atoms with van der Waals surface area (Å²) in [5.74, 6) is -0.00694. The van der Waals surface area contributed by atoms with E-state index in [1.54, 1.807) is 18.1 Å². The van der Waals surface area contributed by atoms with Crippen LogP contribution in [0.2, 0.25) is 0 Å². The molecule has 0 aromatic heterocycles. The normalized spacial score (nSPS) is 10.9. The third kappa shape index (κ3) is 2.64. The fourth-order valence-corrected chi connectivity index (χ4v) is 0.448. The van der Waals surface area contributed by atoms with Crippen molar-refractivity contribution in [3.63, 3.8) is 0 Å². The minimum absolute atomic E-state index is 0.00694. The zero-order valence-electron chi connectivity index (χ0n) is 6.96. The van der Waals surface area contributed by atoms with Crippen molar-refractivity contribution in [3.05, 3.63) is 12.2 Å². The summed E-state index contributed by atoms with van der Waals surface area (Å²) in [6, 6.07) is 0. The number of amides is 1. The van der Waals surface area contributed by atoms with Crippen LogP contribution in [-0.2, 0) is 4.79 Å². The Morgan fingerprint density at radius 1 is 1.30 bits per heavy atom. The summed E-state index contributed by atoms with van der Waals surface area (Å²) in [6.45, 7) is 1.82. The van der Waals surface area contributed by atoms with Crippen molar-refractivity contribution in [1.29, 1.82) is 0 Å². The van der Waals surface area contributed by atoms with Crippen LogP contribution in [0.5, 0.6) is 0 Å². The molecule has 0 unspecified atom stereocenters. The highest BCUT2D eigenvalue weighted by Gasteiger charge is 2.04. The van der Waals surface area contributed by atoms with Gasteiger partial charge in [0.15, 0.2) is 0 Å².